The third kappa shape index (κ3) is 2.66. The third-order valence-electron chi connectivity index (χ3n) is 8.38. The Labute approximate surface area is 154 Å². The Morgan fingerprint density at radius 3 is 2.28 bits per heavy atom. The molecule has 0 bridgehead atoms. The van der Waals surface area contributed by atoms with E-state index in [2.05, 4.69) is 19.9 Å². The summed E-state index contributed by atoms with van der Waals surface area (Å²) in [5.74, 6) is 2.33. The molecule has 0 radical (unpaired) electrons. The van der Waals surface area contributed by atoms with E-state index in [0.29, 0.717) is 29.1 Å². The van der Waals surface area contributed by atoms with Gasteiger partial charge in [-0.05, 0) is 74.2 Å². The van der Waals surface area contributed by atoms with Crippen LogP contribution in [0, 0.1) is 45.3 Å². The van der Waals surface area contributed by atoms with Crippen LogP contribution >= 0.6 is 0 Å². The van der Waals surface area contributed by atoms with Crippen molar-refractivity contribution in [1.82, 2.24) is 0 Å². The third-order valence-corrected chi connectivity index (χ3v) is 8.38. The van der Waals surface area contributed by atoms with Crippen LogP contribution in [0.3, 0.4) is 0 Å². The molecule has 4 aliphatic rings. The Kier molecular flexibility index (Phi) is 5.03. The van der Waals surface area contributed by atoms with E-state index in [4.69, 9.17) is 10.8 Å². The van der Waals surface area contributed by atoms with Crippen molar-refractivity contribution < 1.29 is 0 Å². The number of fused-ring (bicyclic) bond motifs is 5. The van der Waals surface area contributed by atoms with Gasteiger partial charge in [-0.1, -0.05) is 46.1 Å². The van der Waals surface area contributed by atoms with Crippen molar-refractivity contribution in [3.63, 3.8) is 0 Å². The Morgan fingerprint density at radius 1 is 0.920 bits per heavy atom. The van der Waals surface area contributed by atoms with E-state index in [1.165, 1.54) is 51.4 Å². The zero-order valence-corrected chi connectivity index (χ0v) is 17.0. The van der Waals surface area contributed by atoms with Crippen molar-refractivity contribution >= 4 is 11.4 Å². The lowest BCUT2D eigenvalue weighted by atomic mass is 9.48. The van der Waals surface area contributed by atoms with Crippen molar-refractivity contribution in [2.45, 2.75) is 86.0 Å². The Morgan fingerprint density at radius 2 is 1.60 bits per heavy atom. The summed E-state index contributed by atoms with van der Waals surface area (Å²) in [6, 6.07) is 0. The molecule has 4 aliphatic carbocycles. The van der Waals surface area contributed by atoms with Gasteiger partial charge in [0, 0.05) is 23.3 Å². The first-order chi connectivity index (χ1) is 11.9. The fourth-order valence-corrected chi connectivity index (χ4v) is 7.19. The average Bonchev–Trinajstić information content (AvgIpc) is 2.94. The molecule has 6 atom stereocenters. The van der Waals surface area contributed by atoms with Crippen LogP contribution in [0.4, 0.5) is 0 Å². The Bertz CT molecular complexity index is 589. The summed E-state index contributed by atoms with van der Waals surface area (Å²) in [5, 5.41) is 16.9. The summed E-state index contributed by atoms with van der Waals surface area (Å²) in [7, 11) is 0. The summed E-state index contributed by atoms with van der Waals surface area (Å²) in [6.45, 7) is 11.0. The molecule has 3 saturated carbocycles. The van der Waals surface area contributed by atoms with Gasteiger partial charge in [0.25, 0.3) is 0 Å². The van der Waals surface area contributed by atoms with Crippen LogP contribution in [-0.2, 0) is 0 Å². The van der Waals surface area contributed by atoms with Crippen molar-refractivity contribution in [1.29, 1.82) is 10.8 Å². The van der Waals surface area contributed by atoms with Gasteiger partial charge in [-0.15, -0.1) is 0 Å². The normalized spacial score (nSPS) is 45.3. The Hall–Kier alpha value is -0.920. The molecule has 0 saturated heterocycles. The standard InChI is InChI=1S/C21H32N2.C2H6/c1-13(22)15-7-8-16-14-12-19(23)18-6-4-5-10-20(18,2)17(14)9-11-21(15,16)3;1-2/h12,15-18,22-23H,4-11H2,1-3H3;1-2H3/t15?,16?,17?,18-,20?,21?;/m0./s1. The maximum atomic E-state index is 8.69. The average molecular weight is 343 g/mol. The maximum absolute atomic E-state index is 8.69. The maximum Gasteiger partial charge on any atom is 0.0350 e. The van der Waals surface area contributed by atoms with E-state index in [9.17, 15) is 0 Å². The van der Waals surface area contributed by atoms with Crippen LogP contribution in [0.15, 0.2) is 11.6 Å². The van der Waals surface area contributed by atoms with Crippen LogP contribution in [-0.4, -0.2) is 11.4 Å². The molecule has 0 aliphatic heterocycles. The molecule has 3 fully saturated rings. The van der Waals surface area contributed by atoms with Crippen molar-refractivity contribution in [3.05, 3.63) is 11.6 Å². The number of nitrogens with one attached hydrogen (secondary N) is 2. The lowest BCUT2D eigenvalue weighted by Gasteiger charge is -2.56. The predicted molar refractivity (Wildman–Crippen MR) is 108 cm³/mol. The molecule has 25 heavy (non-hydrogen) atoms. The smallest absolute Gasteiger partial charge is 0.0350 e. The zero-order valence-electron chi connectivity index (χ0n) is 17.0. The lowest BCUT2D eigenvalue weighted by Crippen LogP contribution is -2.50. The summed E-state index contributed by atoms with van der Waals surface area (Å²) in [6.07, 6.45) is 12.5. The van der Waals surface area contributed by atoms with Crippen LogP contribution in [0.2, 0.25) is 0 Å². The molecular weight excluding hydrogens is 304 g/mol. The summed E-state index contributed by atoms with van der Waals surface area (Å²) >= 11 is 0. The topological polar surface area (TPSA) is 47.7 Å². The van der Waals surface area contributed by atoms with Crippen LogP contribution in [0.1, 0.15) is 86.0 Å². The second kappa shape index (κ2) is 6.67. The fourth-order valence-electron chi connectivity index (χ4n) is 7.19. The summed E-state index contributed by atoms with van der Waals surface area (Å²) < 4.78 is 0. The van der Waals surface area contributed by atoms with Gasteiger partial charge in [-0.3, -0.25) is 0 Å². The second-order valence-electron chi connectivity index (χ2n) is 9.37. The molecule has 2 nitrogen and oxygen atoms in total. The highest BCUT2D eigenvalue weighted by molar-refractivity contribution is 5.97. The molecule has 0 heterocycles. The van der Waals surface area contributed by atoms with Crippen LogP contribution in [0.5, 0.6) is 0 Å². The van der Waals surface area contributed by atoms with E-state index in [0.717, 1.165) is 11.4 Å². The molecular formula is C23H38N2. The minimum Gasteiger partial charge on any atom is -0.310 e. The van der Waals surface area contributed by atoms with Gasteiger partial charge < -0.3 is 10.8 Å². The van der Waals surface area contributed by atoms with Crippen molar-refractivity contribution in [2.75, 3.05) is 0 Å². The fraction of sp³-hybridized carbons (Fsp3) is 0.826. The molecule has 5 unspecified atom stereocenters. The van der Waals surface area contributed by atoms with E-state index >= 15 is 0 Å². The van der Waals surface area contributed by atoms with Gasteiger partial charge >= 0.3 is 0 Å². The molecule has 2 heteroatoms. The SMILES string of the molecule is CC.CC(=N)C1CCC2C3=CC(=N)[C@@H]4CCCCC4(C)C3CCC12C. The van der Waals surface area contributed by atoms with E-state index in [-0.39, 0.29) is 5.41 Å². The highest BCUT2D eigenvalue weighted by atomic mass is 14.7. The summed E-state index contributed by atoms with van der Waals surface area (Å²) in [5.41, 5.74) is 4.07. The molecule has 140 valence electrons. The highest BCUT2D eigenvalue weighted by Crippen LogP contribution is 2.65. The van der Waals surface area contributed by atoms with Gasteiger partial charge in [0.15, 0.2) is 0 Å². The van der Waals surface area contributed by atoms with E-state index in [1.807, 2.05) is 20.8 Å². The lowest BCUT2D eigenvalue weighted by molar-refractivity contribution is 0.0345. The largest absolute Gasteiger partial charge is 0.310 e. The van der Waals surface area contributed by atoms with Crippen LogP contribution < -0.4 is 0 Å². The highest BCUT2D eigenvalue weighted by Gasteiger charge is 2.58. The van der Waals surface area contributed by atoms with E-state index in [1.54, 1.807) is 5.57 Å². The minimum atomic E-state index is 0.284. The molecule has 0 aromatic carbocycles. The van der Waals surface area contributed by atoms with Gasteiger partial charge in [-0.2, -0.15) is 0 Å². The summed E-state index contributed by atoms with van der Waals surface area (Å²) in [4.78, 5) is 0. The number of rotatable bonds is 1. The van der Waals surface area contributed by atoms with Crippen LogP contribution in [0.25, 0.3) is 0 Å². The molecule has 4 rings (SSSR count). The van der Waals surface area contributed by atoms with Crippen molar-refractivity contribution in [2.24, 2.45) is 34.5 Å². The number of hydrogen-bond acceptors (Lipinski definition) is 2. The quantitative estimate of drug-likeness (QED) is 0.501. The van der Waals surface area contributed by atoms with Gasteiger partial charge in [0.1, 0.15) is 0 Å². The van der Waals surface area contributed by atoms with Gasteiger partial charge in [0.05, 0.1) is 0 Å². The molecule has 0 aromatic rings. The minimum absolute atomic E-state index is 0.284. The first-order valence-electron chi connectivity index (χ1n) is 10.7. The van der Waals surface area contributed by atoms with Gasteiger partial charge in [-0.25, -0.2) is 0 Å². The van der Waals surface area contributed by atoms with Gasteiger partial charge in [0.2, 0.25) is 0 Å². The molecule has 0 aromatic heterocycles. The predicted octanol–water partition coefficient (Wildman–Crippen LogP) is 6.65. The first-order valence-corrected chi connectivity index (χ1v) is 10.7. The molecule has 2 N–H and O–H groups in total. The second-order valence-corrected chi connectivity index (χ2v) is 9.37. The molecule has 0 amide bonds. The number of hydrogen-bond donors (Lipinski definition) is 2. The van der Waals surface area contributed by atoms with Crippen molar-refractivity contribution in [3.8, 4) is 0 Å². The van der Waals surface area contributed by atoms with E-state index < -0.39 is 0 Å². The zero-order chi connectivity index (χ0) is 18.4. The monoisotopic (exact) mass is 342 g/mol. The molecule has 0 spiro atoms. The first kappa shape index (κ1) is 18.9. The number of allylic oxidation sites excluding steroid dienone is 2. The Balaban J connectivity index is 0.000000880.